The summed E-state index contributed by atoms with van der Waals surface area (Å²) in [4.78, 5) is 19.9. The zero-order valence-electron chi connectivity index (χ0n) is 13.0. The summed E-state index contributed by atoms with van der Waals surface area (Å²) in [6.45, 7) is 0.604. The molecule has 0 aliphatic heterocycles. The molecular weight excluding hydrogens is 290 g/mol. The molecule has 0 saturated heterocycles. The number of benzene rings is 2. The second-order valence-electron chi connectivity index (χ2n) is 5.29. The third-order valence-corrected chi connectivity index (χ3v) is 3.65. The van der Waals surface area contributed by atoms with Crippen molar-refractivity contribution >= 4 is 16.9 Å². The van der Waals surface area contributed by atoms with Gasteiger partial charge in [0.25, 0.3) is 5.91 Å². The van der Waals surface area contributed by atoms with Crippen molar-refractivity contribution in [2.75, 3.05) is 13.7 Å². The van der Waals surface area contributed by atoms with Crippen molar-refractivity contribution in [2.45, 2.75) is 12.8 Å². The summed E-state index contributed by atoms with van der Waals surface area (Å²) in [6.07, 6.45) is 1.63. The highest BCUT2D eigenvalue weighted by Crippen LogP contribution is 2.13. The number of hydrogen-bond acceptors (Lipinski definition) is 3. The van der Waals surface area contributed by atoms with E-state index in [0.29, 0.717) is 17.9 Å². The molecule has 2 aromatic carbocycles. The summed E-state index contributed by atoms with van der Waals surface area (Å²) in [7, 11) is 1.59. The standard InChI is InChI=1S/C18H19N3O2/c1-23-14-7-4-6-13(12-14)18(22)19-11-5-10-17-20-15-8-2-3-9-16(15)21-17/h2-4,6-9,12H,5,10-11H2,1H3,(H,19,22)(H,20,21). The van der Waals surface area contributed by atoms with Gasteiger partial charge in [0, 0.05) is 18.5 Å². The van der Waals surface area contributed by atoms with Gasteiger partial charge in [0.1, 0.15) is 11.6 Å². The molecule has 0 radical (unpaired) electrons. The Morgan fingerprint density at radius 2 is 2.09 bits per heavy atom. The van der Waals surface area contributed by atoms with Crippen molar-refractivity contribution < 1.29 is 9.53 Å². The van der Waals surface area contributed by atoms with Crippen LogP contribution in [0.3, 0.4) is 0 Å². The maximum atomic E-state index is 12.1. The van der Waals surface area contributed by atoms with E-state index in [-0.39, 0.29) is 5.91 Å². The van der Waals surface area contributed by atoms with E-state index in [1.165, 1.54) is 0 Å². The van der Waals surface area contributed by atoms with Crippen LogP contribution in [0.2, 0.25) is 0 Å². The fraction of sp³-hybridized carbons (Fsp3) is 0.222. The number of aromatic amines is 1. The zero-order chi connectivity index (χ0) is 16.1. The number of hydrogen-bond donors (Lipinski definition) is 2. The highest BCUT2D eigenvalue weighted by molar-refractivity contribution is 5.94. The van der Waals surface area contributed by atoms with E-state index >= 15 is 0 Å². The maximum Gasteiger partial charge on any atom is 0.251 e. The zero-order valence-corrected chi connectivity index (χ0v) is 13.0. The van der Waals surface area contributed by atoms with E-state index in [4.69, 9.17) is 4.74 Å². The smallest absolute Gasteiger partial charge is 0.251 e. The lowest BCUT2D eigenvalue weighted by Gasteiger charge is -2.06. The molecule has 3 aromatic rings. The van der Waals surface area contributed by atoms with Gasteiger partial charge in [-0.05, 0) is 36.8 Å². The molecule has 0 bridgehead atoms. The molecule has 0 saturated carbocycles. The first-order valence-corrected chi connectivity index (χ1v) is 7.62. The monoisotopic (exact) mass is 309 g/mol. The fourth-order valence-electron chi connectivity index (χ4n) is 2.45. The van der Waals surface area contributed by atoms with Crippen LogP contribution in [0.4, 0.5) is 0 Å². The number of rotatable bonds is 6. The largest absolute Gasteiger partial charge is 0.497 e. The minimum atomic E-state index is -0.0893. The predicted octanol–water partition coefficient (Wildman–Crippen LogP) is 2.93. The Morgan fingerprint density at radius 1 is 1.22 bits per heavy atom. The number of para-hydroxylation sites is 2. The summed E-state index contributed by atoms with van der Waals surface area (Å²) in [5.74, 6) is 1.54. The van der Waals surface area contributed by atoms with Crippen LogP contribution in [0.1, 0.15) is 22.6 Å². The van der Waals surface area contributed by atoms with Crippen LogP contribution < -0.4 is 10.1 Å². The summed E-state index contributed by atoms with van der Waals surface area (Å²) < 4.78 is 5.12. The first-order valence-electron chi connectivity index (χ1n) is 7.62. The Morgan fingerprint density at radius 3 is 2.91 bits per heavy atom. The van der Waals surface area contributed by atoms with Gasteiger partial charge in [-0.3, -0.25) is 4.79 Å². The molecule has 3 rings (SSSR count). The Balaban J connectivity index is 1.50. The van der Waals surface area contributed by atoms with Gasteiger partial charge in [-0.2, -0.15) is 0 Å². The first-order chi connectivity index (χ1) is 11.3. The van der Waals surface area contributed by atoms with E-state index in [9.17, 15) is 4.79 Å². The van der Waals surface area contributed by atoms with Crippen LogP contribution in [0.25, 0.3) is 11.0 Å². The van der Waals surface area contributed by atoms with Crippen LogP contribution in [0, 0.1) is 0 Å². The molecular formula is C18H19N3O2. The molecule has 0 atom stereocenters. The number of nitrogens with zero attached hydrogens (tertiary/aromatic N) is 1. The number of nitrogens with one attached hydrogen (secondary N) is 2. The summed E-state index contributed by atoms with van der Waals surface area (Å²) in [5.41, 5.74) is 2.62. The molecule has 1 amide bonds. The number of methoxy groups -OCH3 is 1. The highest BCUT2D eigenvalue weighted by Gasteiger charge is 2.06. The van der Waals surface area contributed by atoms with Gasteiger partial charge in [-0.15, -0.1) is 0 Å². The van der Waals surface area contributed by atoms with E-state index < -0.39 is 0 Å². The molecule has 0 unspecified atom stereocenters. The van der Waals surface area contributed by atoms with Crippen molar-refractivity contribution in [3.05, 3.63) is 59.9 Å². The van der Waals surface area contributed by atoms with Crippen LogP contribution >= 0.6 is 0 Å². The molecule has 5 heteroatoms. The lowest BCUT2D eigenvalue weighted by molar-refractivity contribution is 0.0953. The van der Waals surface area contributed by atoms with Gasteiger partial charge in [-0.25, -0.2) is 4.98 Å². The fourth-order valence-corrected chi connectivity index (χ4v) is 2.45. The van der Waals surface area contributed by atoms with E-state index in [1.54, 1.807) is 19.2 Å². The Kier molecular flexibility index (Phi) is 4.57. The minimum Gasteiger partial charge on any atom is -0.497 e. The van der Waals surface area contributed by atoms with Crippen molar-refractivity contribution in [3.63, 3.8) is 0 Å². The van der Waals surface area contributed by atoms with Gasteiger partial charge in [0.2, 0.25) is 0 Å². The van der Waals surface area contributed by atoms with Gasteiger partial charge >= 0.3 is 0 Å². The van der Waals surface area contributed by atoms with Crippen molar-refractivity contribution in [1.29, 1.82) is 0 Å². The molecule has 0 aliphatic rings. The second kappa shape index (κ2) is 6.96. The van der Waals surface area contributed by atoms with Crippen LogP contribution in [0.5, 0.6) is 5.75 Å². The molecule has 1 aromatic heterocycles. The lowest BCUT2D eigenvalue weighted by atomic mass is 10.2. The highest BCUT2D eigenvalue weighted by atomic mass is 16.5. The quantitative estimate of drug-likeness (QED) is 0.688. The van der Waals surface area contributed by atoms with E-state index in [2.05, 4.69) is 15.3 Å². The minimum absolute atomic E-state index is 0.0893. The summed E-state index contributed by atoms with van der Waals surface area (Å²) in [6, 6.07) is 15.1. The topological polar surface area (TPSA) is 67.0 Å². The first kappa shape index (κ1) is 15.1. The molecule has 0 spiro atoms. The average Bonchev–Trinajstić information content (AvgIpc) is 3.01. The van der Waals surface area contributed by atoms with Crippen molar-refractivity contribution in [1.82, 2.24) is 15.3 Å². The molecule has 2 N–H and O–H groups in total. The number of aromatic nitrogens is 2. The van der Waals surface area contributed by atoms with Gasteiger partial charge in [0.15, 0.2) is 0 Å². The molecule has 0 aliphatic carbocycles. The van der Waals surface area contributed by atoms with Crippen LogP contribution in [-0.2, 0) is 6.42 Å². The molecule has 0 fully saturated rings. The van der Waals surface area contributed by atoms with Crippen molar-refractivity contribution in [2.24, 2.45) is 0 Å². The number of fused-ring (bicyclic) bond motifs is 1. The molecule has 118 valence electrons. The number of carbonyl (C=O) groups is 1. The predicted molar refractivity (Wildman–Crippen MR) is 89.7 cm³/mol. The van der Waals surface area contributed by atoms with Crippen LogP contribution in [0.15, 0.2) is 48.5 Å². The number of H-pyrrole nitrogens is 1. The SMILES string of the molecule is COc1cccc(C(=O)NCCCc2nc3ccccc3[nH]2)c1. The number of aryl methyl sites for hydroxylation is 1. The third-order valence-electron chi connectivity index (χ3n) is 3.65. The Bertz CT molecular complexity index is 778. The maximum absolute atomic E-state index is 12.1. The molecule has 23 heavy (non-hydrogen) atoms. The third kappa shape index (κ3) is 3.69. The number of imidazole rings is 1. The number of ether oxygens (including phenoxy) is 1. The normalized spacial score (nSPS) is 10.7. The molecule has 5 nitrogen and oxygen atoms in total. The second-order valence-corrected chi connectivity index (χ2v) is 5.29. The Labute approximate surface area is 134 Å². The number of carbonyl (C=O) groups excluding carboxylic acids is 1. The average molecular weight is 309 g/mol. The Hall–Kier alpha value is -2.82. The van der Waals surface area contributed by atoms with Gasteiger partial charge in [0.05, 0.1) is 18.1 Å². The van der Waals surface area contributed by atoms with E-state index in [0.717, 1.165) is 29.7 Å². The summed E-state index contributed by atoms with van der Waals surface area (Å²) >= 11 is 0. The van der Waals surface area contributed by atoms with Gasteiger partial charge in [-0.1, -0.05) is 18.2 Å². The van der Waals surface area contributed by atoms with Gasteiger partial charge < -0.3 is 15.0 Å². The number of amides is 1. The summed E-state index contributed by atoms with van der Waals surface area (Å²) in [5, 5.41) is 2.92. The lowest BCUT2D eigenvalue weighted by Crippen LogP contribution is -2.24. The molecule has 1 heterocycles. The van der Waals surface area contributed by atoms with Crippen molar-refractivity contribution in [3.8, 4) is 5.75 Å². The van der Waals surface area contributed by atoms with Crippen LogP contribution in [-0.4, -0.2) is 29.5 Å². The van der Waals surface area contributed by atoms with E-state index in [1.807, 2.05) is 36.4 Å².